The lowest BCUT2D eigenvalue weighted by atomic mass is 9.90. The number of rotatable bonds is 8. The number of methoxy groups -OCH3 is 1. The number of amides is 1. The Morgan fingerprint density at radius 2 is 1.37 bits per heavy atom. The van der Waals surface area contributed by atoms with Crippen LogP contribution in [0, 0.1) is 5.92 Å². The Labute approximate surface area is 207 Å². The number of ether oxygens (including phenoxy) is 2. The van der Waals surface area contributed by atoms with E-state index >= 15 is 0 Å². The Morgan fingerprint density at radius 3 is 1.83 bits per heavy atom. The number of anilines is 1. The SMILES string of the molecule is COc1ccc(N2C(=O)[C@H](C(=O)OC(C)(C)C)[C@H]2N(Cc2ccccc2)Cc2ccccc2)cc1. The normalized spacial score (nSPS) is 17.7. The highest BCUT2D eigenvalue weighted by Gasteiger charge is 2.56. The van der Waals surface area contributed by atoms with Crippen LogP contribution in [0.15, 0.2) is 84.9 Å². The molecule has 0 aliphatic carbocycles. The molecule has 182 valence electrons. The summed E-state index contributed by atoms with van der Waals surface area (Å²) in [6, 6.07) is 27.5. The van der Waals surface area contributed by atoms with Crippen molar-refractivity contribution < 1.29 is 19.1 Å². The minimum Gasteiger partial charge on any atom is -0.497 e. The zero-order valence-corrected chi connectivity index (χ0v) is 20.7. The molecule has 3 aromatic carbocycles. The van der Waals surface area contributed by atoms with Crippen LogP contribution in [0.25, 0.3) is 0 Å². The average Bonchev–Trinajstić information content (AvgIpc) is 2.83. The molecular weight excluding hydrogens is 440 g/mol. The van der Waals surface area contributed by atoms with Gasteiger partial charge in [-0.15, -0.1) is 0 Å². The van der Waals surface area contributed by atoms with E-state index in [1.807, 2.05) is 81.4 Å². The number of esters is 1. The van der Waals surface area contributed by atoms with Gasteiger partial charge in [0.05, 0.1) is 7.11 Å². The second kappa shape index (κ2) is 10.3. The van der Waals surface area contributed by atoms with Crippen LogP contribution in [-0.2, 0) is 27.4 Å². The molecule has 1 heterocycles. The van der Waals surface area contributed by atoms with Gasteiger partial charge in [-0.25, -0.2) is 0 Å². The maximum atomic E-state index is 13.4. The fourth-order valence-corrected chi connectivity index (χ4v) is 4.34. The van der Waals surface area contributed by atoms with Crippen molar-refractivity contribution in [2.45, 2.75) is 45.6 Å². The lowest BCUT2D eigenvalue weighted by molar-refractivity contribution is -0.170. The van der Waals surface area contributed by atoms with Crippen LogP contribution in [0.2, 0.25) is 0 Å². The third-order valence-corrected chi connectivity index (χ3v) is 5.91. The van der Waals surface area contributed by atoms with Crippen molar-refractivity contribution in [2.75, 3.05) is 12.0 Å². The maximum absolute atomic E-state index is 13.4. The average molecular weight is 473 g/mol. The summed E-state index contributed by atoms with van der Waals surface area (Å²) in [6.07, 6.45) is -0.494. The fourth-order valence-electron chi connectivity index (χ4n) is 4.34. The molecule has 0 saturated carbocycles. The number of β-lactam (4-membered cyclic amide) rings is 1. The predicted octanol–water partition coefficient (Wildman–Crippen LogP) is 5.03. The molecule has 0 radical (unpaired) electrons. The zero-order chi connectivity index (χ0) is 25.0. The van der Waals surface area contributed by atoms with Gasteiger partial charge in [-0.1, -0.05) is 60.7 Å². The summed E-state index contributed by atoms with van der Waals surface area (Å²) in [7, 11) is 1.60. The molecule has 0 spiro atoms. The molecular formula is C29H32N2O4. The van der Waals surface area contributed by atoms with Gasteiger partial charge in [0.2, 0.25) is 5.91 Å². The third-order valence-electron chi connectivity index (χ3n) is 5.91. The molecule has 3 aromatic rings. The molecule has 1 saturated heterocycles. The lowest BCUT2D eigenvalue weighted by Gasteiger charge is -2.51. The van der Waals surface area contributed by atoms with Gasteiger partial charge >= 0.3 is 5.97 Å². The second-order valence-corrected chi connectivity index (χ2v) is 9.71. The van der Waals surface area contributed by atoms with E-state index in [0.29, 0.717) is 24.5 Å². The maximum Gasteiger partial charge on any atom is 0.322 e. The molecule has 1 fully saturated rings. The van der Waals surface area contributed by atoms with Gasteiger partial charge < -0.3 is 9.47 Å². The number of carbonyl (C=O) groups excluding carboxylic acids is 2. The Morgan fingerprint density at radius 1 is 0.857 bits per heavy atom. The Kier molecular flexibility index (Phi) is 7.22. The molecule has 1 aliphatic heterocycles. The van der Waals surface area contributed by atoms with Crippen molar-refractivity contribution >= 4 is 17.6 Å². The summed E-state index contributed by atoms with van der Waals surface area (Å²) >= 11 is 0. The van der Waals surface area contributed by atoms with Gasteiger partial charge in [0.1, 0.15) is 17.5 Å². The molecule has 1 aliphatic rings. The van der Waals surface area contributed by atoms with Crippen molar-refractivity contribution in [3.8, 4) is 5.75 Å². The van der Waals surface area contributed by atoms with Crippen LogP contribution in [0.5, 0.6) is 5.75 Å². The molecule has 0 bridgehead atoms. The molecule has 6 heteroatoms. The minimum absolute atomic E-state index is 0.263. The Bertz CT molecular complexity index is 1100. The summed E-state index contributed by atoms with van der Waals surface area (Å²) in [5.41, 5.74) is 2.22. The first-order valence-corrected chi connectivity index (χ1v) is 11.8. The van der Waals surface area contributed by atoms with Crippen LogP contribution in [0.1, 0.15) is 31.9 Å². The van der Waals surface area contributed by atoms with E-state index in [1.54, 1.807) is 12.0 Å². The predicted molar refractivity (Wildman–Crippen MR) is 136 cm³/mol. The van der Waals surface area contributed by atoms with E-state index in [9.17, 15) is 9.59 Å². The number of carbonyl (C=O) groups is 2. The van der Waals surface area contributed by atoms with Crippen molar-refractivity contribution in [1.82, 2.24) is 4.90 Å². The zero-order valence-electron chi connectivity index (χ0n) is 20.7. The smallest absolute Gasteiger partial charge is 0.322 e. The van der Waals surface area contributed by atoms with Gasteiger partial charge in [0, 0.05) is 18.8 Å². The Hall–Kier alpha value is -3.64. The van der Waals surface area contributed by atoms with E-state index in [-0.39, 0.29) is 5.91 Å². The van der Waals surface area contributed by atoms with Gasteiger partial charge in [-0.3, -0.25) is 19.4 Å². The lowest BCUT2D eigenvalue weighted by Crippen LogP contribution is -2.70. The van der Waals surface area contributed by atoms with E-state index in [1.165, 1.54) is 0 Å². The highest BCUT2D eigenvalue weighted by atomic mass is 16.6. The van der Waals surface area contributed by atoms with Crippen LogP contribution in [-0.4, -0.2) is 35.7 Å². The fraction of sp³-hybridized carbons (Fsp3) is 0.310. The van der Waals surface area contributed by atoms with Crippen molar-refractivity contribution in [3.05, 3.63) is 96.1 Å². The van der Waals surface area contributed by atoms with Gasteiger partial charge in [-0.2, -0.15) is 0 Å². The molecule has 6 nitrogen and oxygen atoms in total. The van der Waals surface area contributed by atoms with Crippen LogP contribution in [0.3, 0.4) is 0 Å². The topological polar surface area (TPSA) is 59.1 Å². The number of hydrogen-bond donors (Lipinski definition) is 0. The number of benzene rings is 3. The highest BCUT2D eigenvalue weighted by molar-refractivity contribution is 6.13. The highest BCUT2D eigenvalue weighted by Crippen LogP contribution is 2.38. The first kappa shape index (κ1) is 24.5. The first-order valence-electron chi connectivity index (χ1n) is 11.8. The van der Waals surface area contributed by atoms with Gasteiger partial charge in [-0.05, 0) is 56.2 Å². The van der Waals surface area contributed by atoms with E-state index in [4.69, 9.17) is 9.47 Å². The molecule has 0 unspecified atom stereocenters. The van der Waals surface area contributed by atoms with Crippen LogP contribution in [0.4, 0.5) is 5.69 Å². The summed E-state index contributed by atoms with van der Waals surface area (Å²) in [5.74, 6) is -0.972. The number of hydrogen-bond acceptors (Lipinski definition) is 5. The molecule has 35 heavy (non-hydrogen) atoms. The molecule has 2 atom stereocenters. The number of nitrogens with zero attached hydrogens (tertiary/aromatic N) is 2. The molecule has 1 amide bonds. The van der Waals surface area contributed by atoms with Crippen molar-refractivity contribution in [2.24, 2.45) is 5.92 Å². The van der Waals surface area contributed by atoms with Crippen molar-refractivity contribution in [1.29, 1.82) is 0 Å². The van der Waals surface area contributed by atoms with Crippen LogP contribution < -0.4 is 9.64 Å². The quantitative estimate of drug-likeness (QED) is 0.262. The van der Waals surface area contributed by atoms with E-state index < -0.39 is 23.7 Å². The molecule has 0 N–H and O–H groups in total. The first-order chi connectivity index (χ1) is 16.8. The largest absolute Gasteiger partial charge is 0.497 e. The van der Waals surface area contributed by atoms with Crippen LogP contribution >= 0.6 is 0 Å². The summed E-state index contributed by atoms with van der Waals surface area (Å²) in [4.78, 5) is 30.5. The van der Waals surface area contributed by atoms with Gasteiger partial charge in [0.25, 0.3) is 0 Å². The Balaban J connectivity index is 1.73. The molecule has 4 rings (SSSR count). The summed E-state index contributed by atoms with van der Waals surface area (Å²) in [5, 5.41) is 0. The minimum atomic E-state index is -0.913. The van der Waals surface area contributed by atoms with E-state index in [0.717, 1.165) is 11.1 Å². The summed E-state index contributed by atoms with van der Waals surface area (Å²) < 4.78 is 11.0. The summed E-state index contributed by atoms with van der Waals surface area (Å²) in [6.45, 7) is 6.58. The molecule has 0 aromatic heterocycles. The second-order valence-electron chi connectivity index (χ2n) is 9.71. The standard InChI is InChI=1S/C29H32N2O4/c1-29(2,3)35-28(33)25-26(31(27(25)32)23-15-17-24(34-4)18-16-23)30(19-21-11-7-5-8-12-21)20-22-13-9-6-10-14-22/h5-18,25-26H,19-20H2,1-4H3/t25-,26+/m1/s1. The van der Waals surface area contributed by atoms with Crippen molar-refractivity contribution in [3.63, 3.8) is 0 Å². The van der Waals surface area contributed by atoms with Gasteiger partial charge in [0.15, 0.2) is 5.92 Å². The van der Waals surface area contributed by atoms with E-state index in [2.05, 4.69) is 29.2 Å². The monoisotopic (exact) mass is 472 g/mol. The third kappa shape index (κ3) is 5.72.